The molecule has 0 saturated carbocycles. The van der Waals surface area contributed by atoms with Crippen LogP contribution in [0.3, 0.4) is 0 Å². The van der Waals surface area contributed by atoms with Gasteiger partial charge in [-0.15, -0.1) is 0 Å². The number of ketones is 1. The third kappa shape index (κ3) is 5.90. The van der Waals surface area contributed by atoms with E-state index in [9.17, 15) is 14.7 Å². The van der Waals surface area contributed by atoms with Crippen LogP contribution < -0.4 is 11.1 Å². The number of likely N-dealkylation sites (tertiary alicyclic amines) is 1. The van der Waals surface area contributed by atoms with E-state index in [2.05, 4.69) is 15.3 Å². The summed E-state index contributed by atoms with van der Waals surface area (Å²) in [6.45, 7) is 4.62. The Kier molecular flexibility index (Phi) is 8.38. The van der Waals surface area contributed by atoms with Crippen LogP contribution >= 0.6 is 0 Å². The van der Waals surface area contributed by atoms with Gasteiger partial charge in [0.2, 0.25) is 0 Å². The Morgan fingerprint density at radius 3 is 2.35 bits per heavy atom. The molecule has 9 heteroatoms. The molecule has 1 aromatic heterocycles. The van der Waals surface area contributed by atoms with Gasteiger partial charge in [-0.2, -0.15) is 0 Å². The number of carbonyl (C=O) groups excluding carboxylic acids is 2. The molecule has 3 aromatic rings. The van der Waals surface area contributed by atoms with Crippen LogP contribution in [0.5, 0.6) is 0 Å². The fourth-order valence-electron chi connectivity index (χ4n) is 4.85. The maximum Gasteiger partial charge on any atom is 0.407 e. The molecule has 2 heterocycles. The molecule has 1 saturated heterocycles. The topological polar surface area (TPSA) is 134 Å². The van der Waals surface area contributed by atoms with Gasteiger partial charge in [0.1, 0.15) is 12.1 Å². The summed E-state index contributed by atoms with van der Waals surface area (Å²) in [6.07, 6.45) is 2.16. The highest BCUT2D eigenvalue weighted by Crippen LogP contribution is 2.34. The minimum absolute atomic E-state index is 0.000477. The van der Waals surface area contributed by atoms with Crippen molar-refractivity contribution in [2.45, 2.75) is 45.0 Å². The van der Waals surface area contributed by atoms with Gasteiger partial charge in [-0.05, 0) is 35.4 Å². The number of aliphatic hydroxyl groups is 1. The second-order valence-electron chi connectivity index (χ2n) is 9.68. The van der Waals surface area contributed by atoms with Crippen molar-refractivity contribution in [2.24, 2.45) is 11.7 Å². The van der Waals surface area contributed by atoms with E-state index < -0.39 is 18.4 Å². The number of imidazole rings is 1. The van der Waals surface area contributed by atoms with Crippen molar-refractivity contribution < 1.29 is 19.4 Å². The summed E-state index contributed by atoms with van der Waals surface area (Å²) in [5.74, 6) is 0.722. The Bertz CT molecular complexity index is 1210. The Morgan fingerprint density at radius 1 is 1.14 bits per heavy atom. The van der Waals surface area contributed by atoms with Crippen molar-refractivity contribution in [3.05, 3.63) is 66.1 Å². The molecule has 0 radical (unpaired) electrons. The van der Waals surface area contributed by atoms with Gasteiger partial charge in [0.25, 0.3) is 0 Å². The lowest BCUT2D eigenvalue weighted by Crippen LogP contribution is -2.54. The lowest BCUT2D eigenvalue weighted by Gasteiger charge is -2.35. The molecule has 0 aliphatic carbocycles. The Hall–Kier alpha value is -3.53. The predicted molar refractivity (Wildman–Crippen MR) is 142 cm³/mol. The summed E-state index contributed by atoms with van der Waals surface area (Å²) in [6, 6.07) is 15.0. The zero-order chi connectivity index (χ0) is 26.5. The standard InChI is InChI=1S/C28H35N5O4/c1-17(2)25(32-28(36)37-3)27(35)33-14-4-5-23(33)26-30-16-22(31-26)20-10-6-18(7-11-20)19-8-12-21(13-9-19)24(34)15-29/h6-13,16-17,23,25,27,35H,4-5,14-15,29H2,1-3H3,(H,30,31)(H,32,36)/t23-,25-,27?/m0/s1. The number of aromatic nitrogens is 2. The molecule has 9 nitrogen and oxygen atoms in total. The molecular weight excluding hydrogens is 470 g/mol. The van der Waals surface area contributed by atoms with Crippen LogP contribution in [-0.2, 0) is 4.74 Å². The molecule has 1 aliphatic rings. The zero-order valence-corrected chi connectivity index (χ0v) is 21.5. The third-order valence-electron chi connectivity index (χ3n) is 6.98. The number of benzene rings is 2. The Balaban J connectivity index is 1.48. The van der Waals surface area contributed by atoms with E-state index in [0.29, 0.717) is 12.1 Å². The summed E-state index contributed by atoms with van der Waals surface area (Å²) in [7, 11) is 1.32. The van der Waals surface area contributed by atoms with Crippen LogP contribution in [0.25, 0.3) is 22.4 Å². The number of methoxy groups -OCH3 is 1. The van der Waals surface area contributed by atoms with Gasteiger partial charge in [0.05, 0.1) is 37.6 Å². The van der Waals surface area contributed by atoms with E-state index in [-0.39, 0.29) is 24.3 Å². The van der Waals surface area contributed by atoms with Gasteiger partial charge in [-0.25, -0.2) is 9.78 Å². The van der Waals surface area contributed by atoms with Crippen LogP contribution in [0.4, 0.5) is 4.79 Å². The molecular formula is C28H35N5O4. The van der Waals surface area contributed by atoms with E-state index in [0.717, 1.165) is 41.1 Å². The van der Waals surface area contributed by atoms with Gasteiger partial charge in [0, 0.05) is 12.1 Å². The van der Waals surface area contributed by atoms with Gasteiger partial charge < -0.3 is 25.9 Å². The molecule has 1 unspecified atom stereocenters. The quantitative estimate of drug-likeness (QED) is 0.326. The first-order chi connectivity index (χ1) is 17.8. The molecule has 2 aromatic carbocycles. The third-order valence-corrected chi connectivity index (χ3v) is 6.98. The van der Waals surface area contributed by atoms with Crippen LogP contribution in [0.1, 0.15) is 48.9 Å². The molecule has 1 aliphatic heterocycles. The van der Waals surface area contributed by atoms with Gasteiger partial charge in [-0.3, -0.25) is 9.69 Å². The first-order valence-corrected chi connectivity index (χ1v) is 12.6. The summed E-state index contributed by atoms with van der Waals surface area (Å²) >= 11 is 0. The lowest BCUT2D eigenvalue weighted by molar-refractivity contribution is -0.0440. The van der Waals surface area contributed by atoms with Crippen molar-refractivity contribution in [1.29, 1.82) is 0 Å². The minimum Gasteiger partial charge on any atom is -0.453 e. The van der Waals surface area contributed by atoms with Crippen LogP contribution in [0.15, 0.2) is 54.7 Å². The zero-order valence-electron chi connectivity index (χ0n) is 21.5. The number of rotatable bonds is 9. The van der Waals surface area contributed by atoms with E-state index in [1.54, 1.807) is 12.1 Å². The lowest BCUT2D eigenvalue weighted by atomic mass is 10.0. The highest BCUT2D eigenvalue weighted by Gasteiger charge is 2.38. The number of aromatic amines is 1. The van der Waals surface area contributed by atoms with E-state index in [1.807, 2.05) is 61.3 Å². The second-order valence-corrected chi connectivity index (χ2v) is 9.68. The number of hydrogen-bond acceptors (Lipinski definition) is 7. The number of carbonyl (C=O) groups is 2. The number of nitrogens with one attached hydrogen (secondary N) is 2. The summed E-state index contributed by atoms with van der Waals surface area (Å²) in [5.41, 5.74) is 9.99. The monoisotopic (exact) mass is 505 g/mol. The van der Waals surface area contributed by atoms with Gasteiger partial charge >= 0.3 is 6.09 Å². The normalized spacial score (nSPS) is 17.5. The fraction of sp³-hybridized carbons (Fsp3) is 0.393. The molecule has 0 bridgehead atoms. The number of amides is 1. The Morgan fingerprint density at radius 2 is 1.76 bits per heavy atom. The van der Waals surface area contributed by atoms with Gasteiger partial charge in [0.15, 0.2) is 5.78 Å². The molecule has 196 valence electrons. The number of hydrogen-bond donors (Lipinski definition) is 4. The number of aliphatic hydroxyl groups excluding tert-OH is 1. The first-order valence-electron chi connectivity index (χ1n) is 12.6. The van der Waals surface area contributed by atoms with E-state index in [4.69, 9.17) is 10.5 Å². The van der Waals surface area contributed by atoms with Crippen molar-refractivity contribution in [3.63, 3.8) is 0 Å². The predicted octanol–water partition coefficient (Wildman–Crippen LogP) is 3.72. The smallest absolute Gasteiger partial charge is 0.407 e. The highest BCUT2D eigenvalue weighted by molar-refractivity contribution is 5.97. The number of H-pyrrole nitrogens is 1. The Labute approximate surface area is 217 Å². The molecule has 4 rings (SSSR count). The number of nitrogens with zero attached hydrogens (tertiary/aromatic N) is 2. The van der Waals surface area contributed by atoms with Crippen molar-refractivity contribution in [1.82, 2.24) is 20.2 Å². The fourth-order valence-corrected chi connectivity index (χ4v) is 4.85. The molecule has 5 N–H and O–H groups in total. The number of nitrogens with two attached hydrogens (primary N) is 1. The number of ether oxygens (including phenoxy) is 1. The molecule has 3 atom stereocenters. The second kappa shape index (κ2) is 11.7. The molecule has 1 amide bonds. The van der Waals surface area contributed by atoms with E-state index in [1.165, 1.54) is 7.11 Å². The highest BCUT2D eigenvalue weighted by atomic mass is 16.5. The van der Waals surface area contributed by atoms with Crippen LogP contribution in [-0.4, -0.2) is 64.3 Å². The molecule has 0 spiro atoms. The first kappa shape index (κ1) is 26.5. The average molecular weight is 506 g/mol. The maximum atomic E-state index is 11.8. The van der Waals surface area contributed by atoms with Gasteiger partial charge in [-0.1, -0.05) is 62.4 Å². The van der Waals surface area contributed by atoms with Crippen molar-refractivity contribution in [2.75, 3.05) is 20.2 Å². The summed E-state index contributed by atoms with van der Waals surface area (Å²) < 4.78 is 4.75. The minimum atomic E-state index is -0.869. The number of alkyl carbamates (subject to hydrolysis) is 1. The van der Waals surface area contributed by atoms with Crippen LogP contribution in [0, 0.1) is 5.92 Å². The van der Waals surface area contributed by atoms with Crippen molar-refractivity contribution in [3.8, 4) is 22.4 Å². The average Bonchev–Trinajstić information content (AvgIpc) is 3.61. The SMILES string of the molecule is COC(=O)N[C@@H](C(C)C)C(O)N1CCC[C@H]1c1ncc(-c2ccc(-c3ccc(C(=O)CN)cc3)cc2)[nH]1. The van der Waals surface area contributed by atoms with Crippen LogP contribution in [0.2, 0.25) is 0 Å². The maximum absolute atomic E-state index is 11.8. The summed E-state index contributed by atoms with van der Waals surface area (Å²) in [5, 5.41) is 13.9. The van der Waals surface area contributed by atoms with Crippen molar-refractivity contribution >= 4 is 11.9 Å². The molecule has 1 fully saturated rings. The largest absolute Gasteiger partial charge is 0.453 e. The number of Topliss-reactive ketones (excluding diaryl/α,β-unsaturated/α-hetero) is 1. The van der Waals surface area contributed by atoms with E-state index >= 15 is 0 Å². The molecule has 37 heavy (non-hydrogen) atoms. The summed E-state index contributed by atoms with van der Waals surface area (Å²) in [4.78, 5) is 33.7.